The van der Waals surface area contributed by atoms with E-state index in [1.807, 2.05) is 0 Å². The van der Waals surface area contributed by atoms with Crippen LogP contribution in [0.15, 0.2) is 0 Å². The number of rotatable bonds is 4. The van der Waals surface area contributed by atoms with Crippen LogP contribution in [0.5, 0.6) is 0 Å². The highest BCUT2D eigenvalue weighted by molar-refractivity contribution is 5.67. The van der Waals surface area contributed by atoms with Crippen LogP contribution in [0.2, 0.25) is 0 Å². The van der Waals surface area contributed by atoms with Crippen LogP contribution in [0.1, 0.15) is 98.8 Å². The zero-order valence-corrected chi connectivity index (χ0v) is 24.4. The fraction of sp³-hybridized carbons (Fsp3) is 0.935. The molecule has 3 N–H and O–H groups in total. The molecule has 6 fully saturated rings. The van der Waals surface area contributed by atoms with E-state index in [2.05, 4.69) is 39.9 Å². The van der Waals surface area contributed by atoms with Crippen molar-refractivity contribution in [3.8, 4) is 0 Å². The average Bonchev–Trinajstić information content (AvgIpc) is 3.43. The Hall–Kier alpha value is -1.50. The summed E-state index contributed by atoms with van der Waals surface area (Å²) in [5.41, 5.74) is 6.66. The fourth-order valence-corrected chi connectivity index (χ4v) is 11.7. The molecule has 1 aliphatic heterocycles. The highest BCUT2D eigenvalue weighted by atomic mass is 16.6. The smallest absolute Gasteiger partial charge is 0.407 e. The normalized spacial score (nSPS) is 48.9. The first-order valence-corrected chi connectivity index (χ1v) is 15.4. The Balaban J connectivity index is 1.21. The van der Waals surface area contributed by atoms with Gasteiger partial charge in [0.25, 0.3) is 0 Å². The number of alkyl carbamates (subject to hydrolysis) is 1. The number of ether oxygens (including phenoxy) is 3. The molecule has 38 heavy (non-hydrogen) atoms. The maximum atomic E-state index is 12.1. The molecule has 11 atom stereocenters. The van der Waals surface area contributed by atoms with Gasteiger partial charge >= 0.3 is 12.2 Å². The van der Waals surface area contributed by atoms with E-state index in [0.717, 1.165) is 25.2 Å². The second kappa shape index (κ2) is 8.75. The number of nitrogens with one attached hydrogen (secondary N) is 1. The minimum Gasteiger partial charge on any atom is -0.446 e. The molecule has 0 aromatic rings. The van der Waals surface area contributed by atoms with Crippen molar-refractivity contribution in [3.05, 3.63) is 0 Å². The predicted octanol–water partition coefficient (Wildman–Crippen LogP) is 6.04. The molecule has 6 rings (SSSR count). The summed E-state index contributed by atoms with van der Waals surface area (Å²) in [6.07, 6.45) is 11.0. The van der Waals surface area contributed by atoms with Gasteiger partial charge in [0.1, 0.15) is 12.2 Å². The molecule has 5 saturated carbocycles. The van der Waals surface area contributed by atoms with Crippen LogP contribution < -0.4 is 11.1 Å². The summed E-state index contributed by atoms with van der Waals surface area (Å²) in [5, 5.41) is 2.61. The highest BCUT2D eigenvalue weighted by Crippen LogP contribution is 2.87. The van der Waals surface area contributed by atoms with Crippen LogP contribution in [0.3, 0.4) is 0 Å². The Labute approximate surface area is 228 Å². The summed E-state index contributed by atoms with van der Waals surface area (Å²) >= 11 is 0. The van der Waals surface area contributed by atoms with Gasteiger partial charge in [-0.3, -0.25) is 0 Å². The van der Waals surface area contributed by atoms with E-state index in [1.54, 1.807) is 7.05 Å². The Morgan fingerprint density at radius 1 is 0.947 bits per heavy atom. The molecule has 7 heteroatoms. The number of hydrogen-bond acceptors (Lipinski definition) is 5. The third-order valence-corrected chi connectivity index (χ3v) is 13.3. The summed E-state index contributed by atoms with van der Waals surface area (Å²) in [6, 6.07) is 0. The van der Waals surface area contributed by atoms with Gasteiger partial charge in [0.2, 0.25) is 0 Å². The van der Waals surface area contributed by atoms with E-state index < -0.39 is 6.09 Å². The van der Waals surface area contributed by atoms with Crippen LogP contribution in [-0.2, 0) is 14.2 Å². The molecule has 1 saturated heterocycles. The zero-order chi connectivity index (χ0) is 27.3. The second-order valence-corrected chi connectivity index (χ2v) is 15.1. The lowest BCUT2D eigenvalue weighted by atomic mass is 9.46. The first-order chi connectivity index (χ1) is 17.9. The van der Waals surface area contributed by atoms with E-state index in [0.29, 0.717) is 34.0 Å². The number of carbonyl (C=O) groups is 2. The molecular formula is C31H50N2O5. The summed E-state index contributed by atoms with van der Waals surface area (Å²) in [4.78, 5) is 23.7. The average molecular weight is 531 g/mol. The minimum atomic E-state index is -0.626. The Kier molecular flexibility index (Phi) is 6.15. The molecule has 214 valence electrons. The van der Waals surface area contributed by atoms with Crippen molar-refractivity contribution < 1.29 is 23.8 Å². The van der Waals surface area contributed by atoms with Gasteiger partial charge in [-0.15, -0.1) is 0 Å². The third-order valence-electron chi connectivity index (χ3n) is 13.3. The molecule has 2 amide bonds. The number of amides is 2. The van der Waals surface area contributed by atoms with Crippen LogP contribution in [0.4, 0.5) is 9.59 Å². The summed E-state index contributed by atoms with van der Waals surface area (Å²) in [5.74, 6) is 2.92. The molecule has 11 unspecified atom stereocenters. The summed E-state index contributed by atoms with van der Waals surface area (Å²) < 4.78 is 18.4. The quantitative estimate of drug-likeness (QED) is 0.462. The Morgan fingerprint density at radius 3 is 2.37 bits per heavy atom. The minimum absolute atomic E-state index is 0.0180. The first kappa shape index (κ1) is 26.7. The number of primary amides is 1. The van der Waals surface area contributed by atoms with E-state index in [9.17, 15) is 9.59 Å². The van der Waals surface area contributed by atoms with Crippen molar-refractivity contribution in [3.63, 3.8) is 0 Å². The van der Waals surface area contributed by atoms with E-state index in [1.165, 1.54) is 44.9 Å². The van der Waals surface area contributed by atoms with Crippen molar-refractivity contribution >= 4 is 12.2 Å². The van der Waals surface area contributed by atoms with Gasteiger partial charge in [0.05, 0.1) is 12.2 Å². The Morgan fingerprint density at radius 2 is 1.68 bits per heavy atom. The van der Waals surface area contributed by atoms with Crippen molar-refractivity contribution in [1.29, 1.82) is 0 Å². The number of hydrogen-bond donors (Lipinski definition) is 2. The van der Waals surface area contributed by atoms with E-state index in [4.69, 9.17) is 19.9 Å². The number of carbonyl (C=O) groups excluding carboxylic acids is 2. The SMILES string of the molecule is CNC(=O)OC(C(C)C)C1CCC2C(CC3C4CCC5C(C)(C)C(OC(N)=O)CCC56CC46CCC23C)O1. The van der Waals surface area contributed by atoms with Crippen molar-refractivity contribution in [1.82, 2.24) is 5.32 Å². The molecule has 2 spiro atoms. The van der Waals surface area contributed by atoms with E-state index >= 15 is 0 Å². The molecular weight excluding hydrogens is 480 g/mol. The van der Waals surface area contributed by atoms with Crippen LogP contribution in [-0.4, -0.2) is 43.7 Å². The Bertz CT molecular complexity index is 983. The fourth-order valence-electron chi connectivity index (χ4n) is 11.7. The van der Waals surface area contributed by atoms with Gasteiger partial charge in [-0.2, -0.15) is 0 Å². The van der Waals surface area contributed by atoms with Crippen molar-refractivity contribution in [2.75, 3.05) is 7.05 Å². The van der Waals surface area contributed by atoms with Crippen molar-refractivity contribution in [2.24, 2.45) is 57.0 Å². The maximum Gasteiger partial charge on any atom is 0.407 e. The van der Waals surface area contributed by atoms with Crippen LogP contribution >= 0.6 is 0 Å². The molecule has 1 heterocycles. The molecule has 0 radical (unpaired) electrons. The molecule has 0 aromatic carbocycles. The zero-order valence-electron chi connectivity index (χ0n) is 24.4. The molecule has 0 aromatic heterocycles. The number of fused-ring (bicyclic) bond motifs is 4. The summed E-state index contributed by atoms with van der Waals surface area (Å²) in [7, 11) is 1.62. The lowest BCUT2D eigenvalue weighted by molar-refractivity contribution is -0.148. The van der Waals surface area contributed by atoms with Gasteiger partial charge in [0, 0.05) is 12.5 Å². The monoisotopic (exact) mass is 530 g/mol. The molecule has 0 bridgehead atoms. The number of nitrogens with two attached hydrogens (primary N) is 1. The van der Waals surface area contributed by atoms with Gasteiger partial charge in [-0.25, -0.2) is 9.59 Å². The molecule has 6 aliphatic rings. The van der Waals surface area contributed by atoms with Gasteiger partial charge in [-0.1, -0.05) is 34.6 Å². The topological polar surface area (TPSA) is 99.9 Å². The lowest BCUT2D eigenvalue weighted by Gasteiger charge is -2.59. The van der Waals surface area contributed by atoms with Crippen LogP contribution in [0, 0.1) is 51.2 Å². The maximum absolute atomic E-state index is 12.1. The second-order valence-electron chi connectivity index (χ2n) is 15.1. The summed E-state index contributed by atoms with van der Waals surface area (Å²) in [6.45, 7) is 11.5. The lowest BCUT2D eigenvalue weighted by Crippen LogP contribution is -2.55. The largest absolute Gasteiger partial charge is 0.446 e. The predicted molar refractivity (Wildman–Crippen MR) is 144 cm³/mol. The van der Waals surface area contributed by atoms with Crippen molar-refractivity contribution in [2.45, 2.75) is 123 Å². The molecule has 5 aliphatic carbocycles. The highest BCUT2D eigenvalue weighted by Gasteiger charge is 2.80. The molecule has 7 nitrogen and oxygen atoms in total. The van der Waals surface area contributed by atoms with Gasteiger partial charge < -0.3 is 25.3 Å². The van der Waals surface area contributed by atoms with E-state index in [-0.39, 0.29) is 41.8 Å². The third kappa shape index (κ3) is 3.55. The standard InChI is InChI=1S/C31H50N2O5/c1-17(2)25(38-27(35)33-6)21-9-7-19-22(36-21)15-20-18-8-10-23-28(3,4)24(37-26(32)34)11-12-31(23)16-30(18,31)14-13-29(19,20)5/h17-25H,7-16H2,1-6H3,(H2,32,34)(H,33,35). The first-order valence-electron chi connectivity index (χ1n) is 15.4. The van der Waals surface area contributed by atoms with Crippen LogP contribution in [0.25, 0.3) is 0 Å². The van der Waals surface area contributed by atoms with Gasteiger partial charge in [-0.05, 0) is 110 Å². The van der Waals surface area contributed by atoms with Gasteiger partial charge in [0.15, 0.2) is 0 Å².